The average Bonchev–Trinajstić information content (AvgIpc) is 2.37. The maximum atomic E-state index is 8.81. The molecule has 1 atom stereocenters. The van der Waals surface area contributed by atoms with Crippen LogP contribution < -0.4 is 0 Å². The summed E-state index contributed by atoms with van der Waals surface area (Å²) >= 11 is 0. The topological polar surface area (TPSA) is 25.2 Å². The van der Waals surface area contributed by atoms with Gasteiger partial charge < -0.3 is 9.67 Å². The Hall–Kier alpha value is -0.760. The van der Waals surface area contributed by atoms with Gasteiger partial charge in [-0.2, -0.15) is 0 Å². The second-order valence-electron chi connectivity index (χ2n) is 3.09. The van der Waals surface area contributed by atoms with Gasteiger partial charge in [0.1, 0.15) is 0 Å². The molecule has 0 aliphatic rings. The highest BCUT2D eigenvalue weighted by Crippen LogP contribution is 2.04. The van der Waals surface area contributed by atoms with Crippen LogP contribution in [0.3, 0.4) is 0 Å². The predicted octanol–water partition coefficient (Wildman–Crippen LogP) is 1.42. The molecule has 1 rings (SSSR count). The minimum atomic E-state index is 0.262. The summed E-state index contributed by atoms with van der Waals surface area (Å²) in [4.78, 5) is 0. The molecule has 1 unspecified atom stereocenters. The lowest BCUT2D eigenvalue weighted by Gasteiger charge is -2.10. The largest absolute Gasteiger partial charge is 0.396 e. The van der Waals surface area contributed by atoms with Gasteiger partial charge in [0.2, 0.25) is 0 Å². The summed E-state index contributed by atoms with van der Waals surface area (Å²) in [5.41, 5.74) is 1.25. The molecular weight excluding hydrogens is 138 g/mol. The van der Waals surface area contributed by atoms with Crippen molar-refractivity contribution >= 4 is 0 Å². The molecule has 0 amide bonds. The molecule has 0 fully saturated rings. The number of rotatable bonds is 3. The quantitative estimate of drug-likeness (QED) is 0.698. The van der Waals surface area contributed by atoms with Crippen LogP contribution in [0.1, 0.15) is 12.6 Å². The van der Waals surface area contributed by atoms with Crippen molar-refractivity contribution in [2.45, 2.75) is 20.4 Å². The second-order valence-corrected chi connectivity index (χ2v) is 3.09. The molecule has 0 spiro atoms. The molecule has 0 aliphatic carbocycles. The Kier molecular flexibility index (Phi) is 2.71. The summed E-state index contributed by atoms with van der Waals surface area (Å²) in [5.74, 6) is 0.348. The van der Waals surface area contributed by atoms with Crippen LogP contribution in [-0.4, -0.2) is 16.3 Å². The lowest BCUT2D eigenvalue weighted by molar-refractivity contribution is 0.222. The van der Waals surface area contributed by atoms with E-state index in [0.29, 0.717) is 5.92 Å². The molecule has 0 saturated carbocycles. The molecule has 2 nitrogen and oxygen atoms in total. The summed E-state index contributed by atoms with van der Waals surface area (Å²) in [6.07, 6.45) is 2.04. The van der Waals surface area contributed by atoms with Crippen LogP contribution in [0.5, 0.6) is 0 Å². The SMILES string of the molecule is Cc1cccn1CC(C)CO. The number of aliphatic hydroxyl groups excluding tert-OH is 1. The molecule has 1 heterocycles. The highest BCUT2D eigenvalue weighted by molar-refractivity contribution is 5.04. The minimum absolute atomic E-state index is 0.262. The molecule has 1 aromatic heterocycles. The van der Waals surface area contributed by atoms with Crippen molar-refractivity contribution in [3.63, 3.8) is 0 Å². The minimum Gasteiger partial charge on any atom is -0.396 e. The van der Waals surface area contributed by atoms with Gasteiger partial charge in [0.15, 0.2) is 0 Å². The number of hydrogen-bond donors (Lipinski definition) is 1. The van der Waals surface area contributed by atoms with Crippen molar-refractivity contribution in [3.05, 3.63) is 24.0 Å². The molecular formula is C9H15NO. The molecule has 0 bridgehead atoms. The molecule has 0 aliphatic heterocycles. The molecule has 1 N–H and O–H groups in total. The molecule has 0 radical (unpaired) electrons. The molecule has 0 aromatic carbocycles. The van der Waals surface area contributed by atoms with Crippen molar-refractivity contribution in [2.24, 2.45) is 5.92 Å². The first-order valence-corrected chi connectivity index (χ1v) is 3.96. The summed E-state index contributed by atoms with van der Waals surface area (Å²) in [6, 6.07) is 4.10. The number of aryl methyl sites for hydroxylation is 1. The van der Waals surface area contributed by atoms with E-state index in [9.17, 15) is 0 Å². The van der Waals surface area contributed by atoms with Crippen molar-refractivity contribution in [3.8, 4) is 0 Å². The van der Waals surface area contributed by atoms with Crippen LogP contribution in [0.4, 0.5) is 0 Å². The lowest BCUT2D eigenvalue weighted by Crippen LogP contribution is -2.11. The van der Waals surface area contributed by atoms with Gasteiger partial charge in [-0.15, -0.1) is 0 Å². The Labute approximate surface area is 67.5 Å². The van der Waals surface area contributed by atoms with E-state index in [1.165, 1.54) is 5.69 Å². The standard InChI is InChI=1S/C9H15NO/c1-8(7-11)6-10-5-3-4-9(10)2/h3-5,8,11H,6-7H2,1-2H3. The van der Waals surface area contributed by atoms with E-state index in [-0.39, 0.29) is 6.61 Å². The number of aromatic nitrogens is 1. The van der Waals surface area contributed by atoms with Crippen LogP contribution in [0.2, 0.25) is 0 Å². The Bertz CT molecular complexity index is 217. The van der Waals surface area contributed by atoms with E-state index in [1.54, 1.807) is 0 Å². The third-order valence-electron chi connectivity index (χ3n) is 1.88. The summed E-state index contributed by atoms with van der Waals surface area (Å²) in [7, 11) is 0. The molecule has 0 saturated heterocycles. The van der Waals surface area contributed by atoms with Gasteiger partial charge in [-0.3, -0.25) is 0 Å². The predicted molar refractivity (Wildman–Crippen MR) is 45.4 cm³/mol. The van der Waals surface area contributed by atoms with Gasteiger partial charge in [-0.1, -0.05) is 6.92 Å². The molecule has 1 aromatic rings. The fourth-order valence-electron chi connectivity index (χ4n) is 1.10. The zero-order valence-corrected chi connectivity index (χ0v) is 7.12. The normalized spacial score (nSPS) is 13.4. The molecule has 2 heteroatoms. The lowest BCUT2D eigenvalue weighted by atomic mass is 10.2. The van der Waals surface area contributed by atoms with Crippen LogP contribution in [0.25, 0.3) is 0 Å². The third-order valence-corrected chi connectivity index (χ3v) is 1.88. The number of hydrogen-bond acceptors (Lipinski definition) is 1. The monoisotopic (exact) mass is 153 g/mol. The first-order chi connectivity index (χ1) is 5.24. The maximum absolute atomic E-state index is 8.81. The Balaban J connectivity index is 2.56. The second kappa shape index (κ2) is 3.58. The van der Waals surface area contributed by atoms with Crippen molar-refractivity contribution in [1.82, 2.24) is 4.57 Å². The fraction of sp³-hybridized carbons (Fsp3) is 0.556. The zero-order chi connectivity index (χ0) is 8.27. The number of aliphatic hydroxyl groups is 1. The third kappa shape index (κ3) is 2.09. The smallest absolute Gasteiger partial charge is 0.0473 e. The van der Waals surface area contributed by atoms with Gasteiger partial charge in [0.25, 0.3) is 0 Å². The molecule has 62 valence electrons. The Morgan fingerprint density at radius 3 is 2.82 bits per heavy atom. The highest BCUT2D eigenvalue weighted by Gasteiger charge is 2.01. The van der Waals surface area contributed by atoms with Crippen LogP contribution in [0.15, 0.2) is 18.3 Å². The number of nitrogens with zero attached hydrogens (tertiary/aromatic N) is 1. The van der Waals surface area contributed by atoms with E-state index in [4.69, 9.17) is 5.11 Å². The van der Waals surface area contributed by atoms with E-state index >= 15 is 0 Å². The molecule has 11 heavy (non-hydrogen) atoms. The van der Waals surface area contributed by atoms with Gasteiger partial charge in [-0.25, -0.2) is 0 Å². The Morgan fingerprint density at radius 2 is 2.36 bits per heavy atom. The van der Waals surface area contributed by atoms with Gasteiger partial charge >= 0.3 is 0 Å². The van der Waals surface area contributed by atoms with Crippen LogP contribution in [-0.2, 0) is 6.54 Å². The van der Waals surface area contributed by atoms with Crippen molar-refractivity contribution < 1.29 is 5.11 Å². The fourth-order valence-corrected chi connectivity index (χ4v) is 1.10. The van der Waals surface area contributed by atoms with E-state index < -0.39 is 0 Å². The van der Waals surface area contributed by atoms with Gasteiger partial charge in [-0.05, 0) is 25.0 Å². The van der Waals surface area contributed by atoms with Gasteiger partial charge in [0.05, 0.1) is 0 Å². The van der Waals surface area contributed by atoms with E-state index in [1.807, 2.05) is 19.2 Å². The summed E-state index contributed by atoms with van der Waals surface area (Å²) < 4.78 is 2.15. The first-order valence-electron chi connectivity index (χ1n) is 3.96. The van der Waals surface area contributed by atoms with E-state index in [2.05, 4.69) is 17.6 Å². The Morgan fingerprint density at radius 1 is 1.64 bits per heavy atom. The van der Waals surface area contributed by atoms with E-state index in [0.717, 1.165) is 6.54 Å². The summed E-state index contributed by atoms with van der Waals surface area (Å²) in [6.45, 7) is 5.29. The first kappa shape index (κ1) is 8.34. The van der Waals surface area contributed by atoms with Crippen LogP contribution >= 0.6 is 0 Å². The zero-order valence-electron chi connectivity index (χ0n) is 7.12. The van der Waals surface area contributed by atoms with Crippen molar-refractivity contribution in [2.75, 3.05) is 6.61 Å². The maximum Gasteiger partial charge on any atom is 0.0473 e. The van der Waals surface area contributed by atoms with Crippen molar-refractivity contribution in [1.29, 1.82) is 0 Å². The van der Waals surface area contributed by atoms with Gasteiger partial charge in [0, 0.05) is 25.0 Å². The summed E-state index contributed by atoms with van der Waals surface area (Å²) in [5, 5.41) is 8.81. The highest BCUT2D eigenvalue weighted by atomic mass is 16.3. The average molecular weight is 153 g/mol. The van der Waals surface area contributed by atoms with Crippen LogP contribution in [0, 0.1) is 12.8 Å².